The Kier molecular flexibility index (Phi) is 5.56. The molecular weight excluding hydrogens is 242 g/mol. The van der Waals surface area contributed by atoms with E-state index in [-0.39, 0.29) is 5.54 Å². The fraction of sp³-hybridized carbons (Fsp3) is 1.00. The molecule has 0 heterocycles. The van der Waals surface area contributed by atoms with Gasteiger partial charge in [-0.1, -0.05) is 26.7 Å². The highest BCUT2D eigenvalue weighted by Crippen LogP contribution is 2.44. The third-order valence-corrected chi connectivity index (χ3v) is 5.68. The Labute approximate surface area is 127 Å². The van der Waals surface area contributed by atoms with Gasteiger partial charge in [0.15, 0.2) is 0 Å². The number of hydrogen-bond donors (Lipinski definition) is 1. The Morgan fingerprint density at radius 3 is 2.10 bits per heavy atom. The van der Waals surface area contributed by atoms with Gasteiger partial charge in [0.25, 0.3) is 0 Å². The topological polar surface area (TPSA) is 12.0 Å². The average molecular weight is 280 g/mol. The summed E-state index contributed by atoms with van der Waals surface area (Å²) >= 11 is 0. The quantitative estimate of drug-likeness (QED) is 0.743. The van der Waals surface area contributed by atoms with Crippen molar-refractivity contribution < 1.29 is 0 Å². The lowest BCUT2D eigenvalue weighted by Gasteiger charge is -2.43. The summed E-state index contributed by atoms with van der Waals surface area (Å²) in [5, 5.41) is 3.78. The second-order valence-corrected chi connectivity index (χ2v) is 9.02. The predicted molar refractivity (Wildman–Crippen MR) is 88.9 cm³/mol. The van der Waals surface area contributed by atoms with Crippen molar-refractivity contribution >= 4 is 0 Å². The molecule has 2 saturated carbocycles. The smallest absolute Gasteiger partial charge is 0.00966 e. The molecule has 20 heavy (non-hydrogen) atoms. The highest BCUT2D eigenvalue weighted by Gasteiger charge is 2.35. The zero-order valence-electron chi connectivity index (χ0n) is 14.5. The molecule has 4 atom stereocenters. The molecule has 1 N–H and O–H groups in total. The van der Waals surface area contributed by atoms with Crippen LogP contribution in [0.25, 0.3) is 0 Å². The molecule has 0 aliphatic heterocycles. The van der Waals surface area contributed by atoms with Crippen molar-refractivity contribution in [2.75, 3.05) is 6.54 Å². The molecule has 0 aromatic heterocycles. The van der Waals surface area contributed by atoms with Crippen molar-refractivity contribution in [3.05, 3.63) is 0 Å². The van der Waals surface area contributed by atoms with Gasteiger partial charge in [-0.3, -0.25) is 0 Å². The van der Waals surface area contributed by atoms with E-state index in [1.807, 2.05) is 0 Å². The van der Waals surface area contributed by atoms with Crippen molar-refractivity contribution in [3.8, 4) is 0 Å². The van der Waals surface area contributed by atoms with Crippen LogP contribution in [0.1, 0.15) is 79.6 Å². The molecule has 1 heteroatoms. The fourth-order valence-electron chi connectivity index (χ4n) is 4.91. The third kappa shape index (κ3) is 4.76. The molecule has 0 saturated heterocycles. The monoisotopic (exact) mass is 279 g/mol. The highest BCUT2D eigenvalue weighted by atomic mass is 14.9. The van der Waals surface area contributed by atoms with Crippen molar-refractivity contribution in [1.29, 1.82) is 0 Å². The Morgan fingerprint density at radius 2 is 1.50 bits per heavy atom. The minimum atomic E-state index is 0.273. The van der Waals surface area contributed by atoms with Gasteiger partial charge in [0.1, 0.15) is 0 Å². The van der Waals surface area contributed by atoms with Crippen LogP contribution in [0.3, 0.4) is 0 Å². The molecule has 0 spiro atoms. The van der Waals surface area contributed by atoms with E-state index >= 15 is 0 Å². The molecule has 0 aromatic carbocycles. The minimum Gasteiger partial charge on any atom is -0.312 e. The van der Waals surface area contributed by atoms with Crippen molar-refractivity contribution in [2.24, 2.45) is 29.6 Å². The van der Waals surface area contributed by atoms with Crippen LogP contribution in [0.2, 0.25) is 0 Å². The van der Waals surface area contributed by atoms with Gasteiger partial charge in [-0.05, 0) is 89.0 Å². The summed E-state index contributed by atoms with van der Waals surface area (Å²) in [6.45, 7) is 13.1. The van der Waals surface area contributed by atoms with E-state index < -0.39 is 0 Å². The van der Waals surface area contributed by atoms with Gasteiger partial charge in [0.2, 0.25) is 0 Å². The molecule has 2 aliphatic rings. The molecule has 2 fully saturated rings. The van der Waals surface area contributed by atoms with Crippen LogP contribution >= 0.6 is 0 Å². The molecule has 118 valence electrons. The average Bonchev–Trinajstić information content (AvgIpc) is 2.34. The first-order valence-corrected chi connectivity index (χ1v) is 9.10. The first-order chi connectivity index (χ1) is 9.35. The van der Waals surface area contributed by atoms with Crippen LogP contribution in [0.4, 0.5) is 0 Å². The van der Waals surface area contributed by atoms with E-state index in [0.717, 1.165) is 29.6 Å². The van der Waals surface area contributed by atoms with Gasteiger partial charge < -0.3 is 5.32 Å². The molecule has 2 aliphatic carbocycles. The lowest BCUT2D eigenvalue weighted by molar-refractivity contribution is 0.0851. The molecule has 1 nitrogen and oxygen atoms in total. The summed E-state index contributed by atoms with van der Waals surface area (Å²) in [4.78, 5) is 0. The Morgan fingerprint density at radius 1 is 0.900 bits per heavy atom. The first kappa shape index (κ1) is 16.3. The lowest BCUT2D eigenvalue weighted by Crippen LogP contribution is -2.43. The molecule has 0 bridgehead atoms. The normalized spacial score (nSPS) is 39.8. The number of hydrogen-bond acceptors (Lipinski definition) is 1. The molecule has 4 unspecified atom stereocenters. The zero-order chi connectivity index (χ0) is 14.8. The van der Waals surface area contributed by atoms with E-state index in [4.69, 9.17) is 0 Å². The van der Waals surface area contributed by atoms with Crippen LogP contribution in [0, 0.1) is 29.6 Å². The van der Waals surface area contributed by atoms with Crippen LogP contribution in [0.15, 0.2) is 0 Å². The summed E-state index contributed by atoms with van der Waals surface area (Å²) in [5.41, 5.74) is 0.273. The molecular formula is C19H37N. The van der Waals surface area contributed by atoms with Gasteiger partial charge in [-0.25, -0.2) is 0 Å². The maximum atomic E-state index is 3.78. The maximum Gasteiger partial charge on any atom is 0.00966 e. The summed E-state index contributed by atoms with van der Waals surface area (Å²) < 4.78 is 0. The van der Waals surface area contributed by atoms with Gasteiger partial charge in [-0.15, -0.1) is 0 Å². The van der Waals surface area contributed by atoms with E-state index in [2.05, 4.69) is 39.9 Å². The van der Waals surface area contributed by atoms with E-state index in [1.165, 1.54) is 51.5 Å². The van der Waals surface area contributed by atoms with E-state index in [0.29, 0.717) is 0 Å². The minimum absolute atomic E-state index is 0.273. The predicted octanol–water partition coefficient (Wildman–Crippen LogP) is 5.25. The van der Waals surface area contributed by atoms with Crippen molar-refractivity contribution in [3.63, 3.8) is 0 Å². The number of rotatable bonds is 3. The molecule has 0 aromatic rings. The van der Waals surface area contributed by atoms with Crippen LogP contribution in [0.5, 0.6) is 0 Å². The first-order valence-electron chi connectivity index (χ1n) is 9.10. The van der Waals surface area contributed by atoms with E-state index in [9.17, 15) is 0 Å². The Bertz CT molecular complexity index is 281. The van der Waals surface area contributed by atoms with Gasteiger partial charge in [0, 0.05) is 5.54 Å². The summed E-state index contributed by atoms with van der Waals surface area (Å²) in [6.07, 6.45) is 10.4. The Balaban J connectivity index is 1.95. The van der Waals surface area contributed by atoms with Crippen LogP contribution in [-0.2, 0) is 0 Å². The van der Waals surface area contributed by atoms with E-state index in [1.54, 1.807) is 0 Å². The van der Waals surface area contributed by atoms with Gasteiger partial charge >= 0.3 is 0 Å². The van der Waals surface area contributed by atoms with Gasteiger partial charge in [-0.2, -0.15) is 0 Å². The SMILES string of the molecule is CC1CC(C)CC(C2CCCCC2CNC(C)(C)C)C1. The largest absolute Gasteiger partial charge is 0.312 e. The molecule has 2 rings (SSSR count). The highest BCUT2D eigenvalue weighted by molar-refractivity contribution is 4.87. The zero-order valence-corrected chi connectivity index (χ0v) is 14.5. The molecule has 0 radical (unpaired) electrons. The second kappa shape index (κ2) is 6.81. The summed E-state index contributed by atoms with van der Waals surface area (Å²) in [7, 11) is 0. The summed E-state index contributed by atoms with van der Waals surface area (Å²) in [6, 6.07) is 0. The van der Waals surface area contributed by atoms with Crippen LogP contribution < -0.4 is 5.32 Å². The van der Waals surface area contributed by atoms with Crippen LogP contribution in [-0.4, -0.2) is 12.1 Å². The second-order valence-electron chi connectivity index (χ2n) is 9.02. The standard InChI is InChI=1S/C19H37N/c1-14-10-15(2)12-17(11-14)18-9-7-6-8-16(18)13-20-19(3,4)5/h14-18,20H,6-13H2,1-5H3. The van der Waals surface area contributed by atoms with Crippen molar-refractivity contribution in [1.82, 2.24) is 5.32 Å². The maximum absolute atomic E-state index is 3.78. The molecule has 0 amide bonds. The fourth-order valence-corrected chi connectivity index (χ4v) is 4.91. The number of nitrogens with one attached hydrogen (secondary N) is 1. The van der Waals surface area contributed by atoms with Crippen molar-refractivity contribution in [2.45, 2.75) is 85.1 Å². The third-order valence-electron chi connectivity index (χ3n) is 5.68. The van der Waals surface area contributed by atoms with Gasteiger partial charge in [0.05, 0.1) is 0 Å². The Hall–Kier alpha value is -0.0400. The summed E-state index contributed by atoms with van der Waals surface area (Å²) in [5.74, 6) is 4.87. The lowest BCUT2D eigenvalue weighted by atomic mass is 9.64.